The topological polar surface area (TPSA) is 82.6 Å². The number of ketones is 1. The van der Waals surface area contributed by atoms with Crippen molar-refractivity contribution in [3.8, 4) is 0 Å². The van der Waals surface area contributed by atoms with E-state index in [1.807, 2.05) is 20.8 Å². The first-order chi connectivity index (χ1) is 7.61. The van der Waals surface area contributed by atoms with Crippen LogP contribution in [0.2, 0.25) is 0 Å². The van der Waals surface area contributed by atoms with Crippen LogP contribution in [0, 0.1) is 5.41 Å². The molecule has 2 saturated heterocycles. The number of hydrogen-bond acceptors (Lipinski definition) is 5. The number of carbonyl (C=O) groups excluding carboxylic acids is 1. The molecule has 0 aromatic carbocycles. The summed E-state index contributed by atoms with van der Waals surface area (Å²) in [6.45, 7) is 7.29. The van der Waals surface area contributed by atoms with Gasteiger partial charge in [-0.15, -0.1) is 0 Å². The average molecular weight is 242 g/mol. The van der Waals surface area contributed by atoms with Gasteiger partial charge in [-0.2, -0.15) is 0 Å². The van der Waals surface area contributed by atoms with Crippen LogP contribution in [0.5, 0.6) is 0 Å². The zero-order valence-electron chi connectivity index (χ0n) is 10.5. The summed E-state index contributed by atoms with van der Waals surface area (Å²) in [6, 6.07) is 0. The van der Waals surface area contributed by atoms with Crippen molar-refractivity contribution in [3.05, 3.63) is 0 Å². The van der Waals surface area contributed by atoms with Crippen molar-refractivity contribution in [2.45, 2.75) is 56.7 Å². The quantitative estimate of drug-likeness (QED) is 0.566. The van der Waals surface area contributed by atoms with Crippen LogP contribution < -0.4 is 0 Å². The number of fused-ring (bicyclic) bond motifs is 1. The molecule has 5 nitrogen and oxygen atoms in total. The maximum absolute atomic E-state index is 12.6. The lowest BCUT2D eigenvalue weighted by molar-refractivity contribution is -0.163. The maximum atomic E-state index is 12.6. The zero-order valence-corrected chi connectivity index (χ0v) is 10.5. The minimum atomic E-state index is -1.57. The summed E-state index contributed by atoms with van der Waals surface area (Å²) in [7, 11) is 0. The molecule has 3 fully saturated rings. The molecule has 0 bridgehead atoms. The van der Waals surface area contributed by atoms with Crippen molar-refractivity contribution in [1.29, 1.82) is 0 Å². The highest BCUT2D eigenvalue weighted by Gasteiger charge is 2.86. The molecular weight excluding hydrogens is 224 g/mol. The van der Waals surface area contributed by atoms with Crippen molar-refractivity contribution in [2.75, 3.05) is 6.61 Å². The van der Waals surface area contributed by atoms with Crippen molar-refractivity contribution in [3.63, 3.8) is 0 Å². The molecule has 2 unspecified atom stereocenters. The number of carbonyl (C=O) groups is 1. The molecule has 5 atom stereocenters. The molecule has 17 heavy (non-hydrogen) atoms. The Labute approximate surface area is 99.7 Å². The summed E-state index contributed by atoms with van der Waals surface area (Å²) >= 11 is 0. The van der Waals surface area contributed by atoms with Gasteiger partial charge in [0.15, 0.2) is 11.2 Å². The Kier molecular flexibility index (Phi) is 1.77. The van der Waals surface area contributed by atoms with Gasteiger partial charge in [-0.1, -0.05) is 20.8 Å². The molecule has 3 aliphatic rings. The molecule has 2 N–H and O–H groups in total. The Bertz CT molecular complexity index is 404. The molecule has 96 valence electrons. The number of epoxide rings is 2. The van der Waals surface area contributed by atoms with E-state index in [1.54, 1.807) is 0 Å². The van der Waals surface area contributed by atoms with Gasteiger partial charge in [-0.3, -0.25) is 4.79 Å². The lowest BCUT2D eigenvalue weighted by Crippen LogP contribution is -2.68. The summed E-state index contributed by atoms with van der Waals surface area (Å²) in [4.78, 5) is 12.6. The highest BCUT2D eigenvalue weighted by molar-refractivity contribution is 6.03. The number of aliphatic hydroxyl groups excluding tert-OH is 1. The predicted octanol–water partition coefficient (Wildman–Crippen LogP) is -0.366. The monoisotopic (exact) mass is 242 g/mol. The molecule has 0 aromatic rings. The fraction of sp³-hybridized carbons (Fsp3) is 0.917. The number of rotatable bonds is 0. The van der Waals surface area contributed by atoms with E-state index < -0.39 is 34.4 Å². The first kappa shape index (κ1) is 11.6. The minimum Gasteiger partial charge on any atom is -0.387 e. The van der Waals surface area contributed by atoms with Crippen molar-refractivity contribution < 1.29 is 24.5 Å². The van der Waals surface area contributed by atoms with E-state index in [9.17, 15) is 15.0 Å². The third-order valence-electron chi connectivity index (χ3n) is 4.59. The van der Waals surface area contributed by atoms with E-state index in [1.165, 1.54) is 6.92 Å². The Morgan fingerprint density at radius 3 is 2.35 bits per heavy atom. The Morgan fingerprint density at radius 2 is 1.94 bits per heavy atom. The van der Waals surface area contributed by atoms with Crippen LogP contribution in [0.25, 0.3) is 0 Å². The Morgan fingerprint density at radius 1 is 1.41 bits per heavy atom. The van der Waals surface area contributed by atoms with Gasteiger partial charge < -0.3 is 19.7 Å². The Balaban J connectivity index is 2.09. The Hall–Kier alpha value is -0.490. The normalized spacial score (nSPS) is 56.9. The molecule has 0 aromatic heterocycles. The second-order valence-electron chi connectivity index (χ2n) is 6.56. The number of aliphatic hydroxyl groups is 2. The standard InChI is InChI=1S/C12H18O5/c1-9(2,3)12-7(17-12)6(13)10(4,15)11(5-16-11)8(12)14/h6-7,13,15H,5H2,1-4H3/t6-,7?,10-,11+,12?/m0/s1. The summed E-state index contributed by atoms with van der Waals surface area (Å²) < 4.78 is 10.7. The maximum Gasteiger partial charge on any atom is 0.205 e. The minimum absolute atomic E-state index is 0.157. The molecule has 2 aliphatic heterocycles. The van der Waals surface area contributed by atoms with Gasteiger partial charge in [0.2, 0.25) is 5.78 Å². The fourth-order valence-corrected chi connectivity index (χ4v) is 3.14. The van der Waals surface area contributed by atoms with Gasteiger partial charge in [0.05, 0.1) is 6.61 Å². The lowest BCUT2D eigenvalue weighted by atomic mass is 9.61. The zero-order chi connectivity index (χ0) is 12.9. The molecular formula is C12H18O5. The lowest BCUT2D eigenvalue weighted by Gasteiger charge is -2.42. The first-order valence-corrected chi connectivity index (χ1v) is 5.88. The highest BCUT2D eigenvalue weighted by Crippen LogP contribution is 2.63. The van der Waals surface area contributed by atoms with Crippen LogP contribution >= 0.6 is 0 Å². The number of Topliss-reactive ketones (excluding diaryl/α,β-unsaturated/α-hetero) is 1. The molecule has 0 radical (unpaired) electrons. The van der Waals surface area contributed by atoms with Gasteiger partial charge in [-0.05, 0) is 6.92 Å². The first-order valence-electron chi connectivity index (χ1n) is 5.88. The SMILES string of the molecule is CC(C)(C)C12OC1[C@H](O)[C@](C)(O)[C@@]1(CO1)C2=O. The summed E-state index contributed by atoms with van der Waals surface area (Å²) in [5.41, 5.74) is -4.27. The van der Waals surface area contributed by atoms with Crippen LogP contribution in [-0.4, -0.2) is 51.6 Å². The summed E-state index contributed by atoms with van der Waals surface area (Å²) in [5, 5.41) is 20.5. The van der Waals surface area contributed by atoms with E-state index in [0.717, 1.165) is 0 Å². The van der Waals surface area contributed by atoms with E-state index in [4.69, 9.17) is 9.47 Å². The van der Waals surface area contributed by atoms with Gasteiger partial charge in [0, 0.05) is 5.41 Å². The van der Waals surface area contributed by atoms with Gasteiger partial charge in [-0.25, -0.2) is 0 Å². The third kappa shape index (κ3) is 0.989. The predicted molar refractivity (Wildman–Crippen MR) is 57.4 cm³/mol. The van der Waals surface area contributed by atoms with E-state index in [-0.39, 0.29) is 12.4 Å². The largest absolute Gasteiger partial charge is 0.387 e. The summed E-state index contributed by atoms with van der Waals surface area (Å²) in [5.74, 6) is -0.224. The molecule has 1 saturated carbocycles. The molecule has 5 heteroatoms. The van der Waals surface area contributed by atoms with E-state index >= 15 is 0 Å². The second kappa shape index (κ2) is 2.59. The van der Waals surface area contributed by atoms with Gasteiger partial charge in [0.1, 0.15) is 17.8 Å². The van der Waals surface area contributed by atoms with Crippen LogP contribution in [-0.2, 0) is 14.3 Å². The van der Waals surface area contributed by atoms with Crippen LogP contribution in [0.1, 0.15) is 27.7 Å². The second-order valence-corrected chi connectivity index (χ2v) is 6.56. The highest BCUT2D eigenvalue weighted by atomic mass is 16.7. The molecule has 1 aliphatic carbocycles. The van der Waals surface area contributed by atoms with Crippen molar-refractivity contribution in [2.24, 2.45) is 5.41 Å². The third-order valence-corrected chi connectivity index (χ3v) is 4.59. The average Bonchev–Trinajstić information content (AvgIpc) is 3.05. The number of hydrogen-bond donors (Lipinski definition) is 2. The van der Waals surface area contributed by atoms with Crippen molar-refractivity contribution in [1.82, 2.24) is 0 Å². The molecule has 1 spiro atoms. The van der Waals surface area contributed by atoms with Crippen LogP contribution in [0.15, 0.2) is 0 Å². The molecule has 3 rings (SSSR count). The van der Waals surface area contributed by atoms with E-state index in [0.29, 0.717) is 0 Å². The summed E-state index contributed by atoms with van der Waals surface area (Å²) in [6.07, 6.45) is -1.72. The number of ether oxygens (including phenoxy) is 2. The van der Waals surface area contributed by atoms with Gasteiger partial charge in [0.25, 0.3) is 0 Å². The molecule has 0 amide bonds. The smallest absolute Gasteiger partial charge is 0.205 e. The van der Waals surface area contributed by atoms with E-state index in [2.05, 4.69) is 0 Å². The van der Waals surface area contributed by atoms with Crippen molar-refractivity contribution >= 4 is 5.78 Å². The fourth-order valence-electron chi connectivity index (χ4n) is 3.14. The molecule has 2 heterocycles. The van der Waals surface area contributed by atoms with Gasteiger partial charge >= 0.3 is 0 Å². The van der Waals surface area contributed by atoms with Crippen LogP contribution in [0.3, 0.4) is 0 Å². The van der Waals surface area contributed by atoms with Crippen LogP contribution in [0.4, 0.5) is 0 Å².